The summed E-state index contributed by atoms with van der Waals surface area (Å²) in [6.45, 7) is 11.6. The Morgan fingerprint density at radius 3 is 2.18 bits per heavy atom. The SMILES string of the molecule is CCN(CC)c1ccc(NCC=C(C)C)cc1. The number of hydrogen-bond acceptors (Lipinski definition) is 2. The third kappa shape index (κ3) is 4.51. The standard InChI is InChI=1S/C15H24N2/c1-5-17(6-2)15-9-7-14(8-10-15)16-12-11-13(3)4/h7-11,16H,5-6,12H2,1-4H3. The van der Waals surface area contributed by atoms with Crippen molar-refractivity contribution in [2.45, 2.75) is 27.7 Å². The van der Waals surface area contributed by atoms with Gasteiger partial charge in [0.2, 0.25) is 0 Å². The molecular formula is C15H24N2. The highest BCUT2D eigenvalue weighted by molar-refractivity contribution is 5.55. The lowest BCUT2D eigenvalue weighted by atomic mass is 10.2. The number of allylic oxidation sites excluding steroid dienone is 1. The molecule has 0 amide bonds. The van der Waals surface area contributed by atoms with E-state index < -0.39 is 0 Å². The molecule has 1 N–H and O–H groups in total. The number of hydrogen-bond donors (Lipinski definition) is 1. The van der Waals surface area contributed by atoms with Crippen LogP contribution in [0.1, 0.15) is 27.7 Å². The highest BCUT2D eigenvalue weighted by Crippen LogP contribution is 2.17. The first-order valence-electron chi connectivity index (χ1n) is 6.39. The Labute approximate surface area is 105 Å². The summed E-state index contributed by atoms with van der Waals surface area (Å²) in [5, 5.41) is 3.38. The van der Waals surface area contributed by atoms with Crippen LogP contribution in [0.2, 0.25) is 0 Å². The maximum Gasteiger partial charge on any atom is 0.0367 e. The van der Waals surface area contributed by atoms with Gasteiger partial charge in [0.1, 0.15) is 0 Å². The van der Waals surface area contributed by atoms with E-state index in [0.29, 0.717) is 0 Å². The molecule has 17 heavy (non-hydrogen) atoms. The van der Waals surface area contributed by atoms with Crippen molar-refractivity contribution in [1.82, 2.24) is 0 Å². The highest BCUT2D eigenvalue weighted by Gasteiger charge is 2.00. The predicted molar refractivity (Wildman–Crippen MR) is 77.9 cm³/mol. The molecule has 0 heterocycles. The molecule has 0 radical (unpaired) electrons. The molecule has 0 aromatic heterocycles. The number of rotatable bonds is 6. The van der Waals surface area contributed by atoms with Gasteiger partial charge >= 0.3 is 0 Å². The lowest BCUT2D eigenvalue weighted by molar-refractivity contribution is 0.866. The zero-order valence-electron chi connectivity index (χ0n) is 11.5. The van der Waals surface area contributed by atoms with Gasteiger partial charge in [-0.3, -0.25) is 0 Å². The van der Waals surface area contributed by atoms with E-state index in [9.17, 15) is 0 Å². The zero-order valence-corrected chi connectivity index (χ0v) is 11.5. The second kappa shape index (κ2) is 7.00. The molecular weight excluding hydrogens is 208 g/mol. The minimum atomic E-state index is 0.896. The lowest BCUT2D eigenvalue weighted by Crippen LogP contribution is -2.21. The average Bonchev–Trinajstić information content (AvgIpc) is 2.32. The fourth-order valence-electron chi connectivity index (χ4n) is 1.75. The van der Waals surface area contributed by atoms with E-state index in [0.717, 1.165) is 19.6 Å². The smallest absolute Gasteiger partial charge is 0.0367 e. The molecule has 2 heteroatoms. The molecule has 0 aliphatic rings. The first-order chi connectivity index (χ1) is 8.17. The van der Waals surface area contributed by atoms with Gasteiger partial charge in [0, 0.05) is 31.0 Å². The molecule has 94 valence electrons. The van der Waals surface area contributed by atoms with Crippen molar-refractivity contribution >= 4 is 11.4 Å². The van der Waals surface area contributed by atoms with Gasteiger partial charge in [-0.05, 0) is 52.0 Å². The van der Waals surface area contributed by atoms with E-state index >= 15 is 0 Å². The molecule has 0 aliphatic heterocycles. The molecule has 1 aromatic carbocycles. The maximum absolute atomic E-state index is 3.38. The van der Waals surface area contributed by atoms with Crippen LogP contribution in [0.25, 0.3) is 0 Å². The Morgan fingerprint density at radius 1 is 1.12 bits per heavy atom. The summed E-state index contributed by atoms with van der Waals surface area (Å²) in [6, 6.07) is 8.65. The van der Waals surface area contributed by atoms with Crippen LogP contribution in [0.4, 0.5) is 11.4 Å². The highest BCUT2D eigenvalue weighted by atomic mass is 15.1. The minimum absolute atomic E-state index is 0.896. The third-order valence-corrected chi connectivity index (χ3v) is 2.81. The Morgan fingerprint density at radius 2 is 1.71 bits per heavy atom. The van der Waals surface area contributed by atoms with Crippen molar-refractivity contribution in [3.8, 4) is 0 Å². The van der Waals surface area contributed by atoms with Crippen molar-refractivity contribution in [3.05, 3.63) is 35.9 Å². The number of benzene rings is 1. The summed E-state index contributed by atoms with van der Waals surface area (Å²) >= 11 is 0. The van der Waals surface area contributed by atoms with E-state index in [1.54, 1.807) is 0 Å². The molecule has 0 atom stereocenters. The molecule has 0 spiro atoms. The largest absolute Gasteiger partial charge is 0.382 e. The predicted octanol–water partition coefficient (Wildman–Crippen LogP) is 3.91. The molecule has 0 saturated heterocycles. The molecule has 0 bridgehead atoms. The Kier molecular flexibility index (Phi) is 5.61. The van der Waals surface area contributed by atoms with Crippen molar-refractivity contribution in [2.24, 2.45) is 0 Å². The van der Waals surface area contributed by atoms with Crippen LogP contribution in [0.3, 0.4) is 0 Å². The second-order valence-electron chi connectivity index (χ2n) is 4.38. The molecule has 0 saturated carbocycles. The topological polar surface area (TPSA) is 15.3 Å². The van der Waals surface area contributed by atoms with Crippen LogP contribution in [-0.2, 0) is 0 Å². The first-order valence-corrected chi connectivity index (χ1v) is 6.39. The summed E-state index contributed by atoms with van der Waals surface area (Å²) < 4.78 is 0. The molecule has 0 aliphatic carbocycles. The van der Waals surface area contributed by atoms with E-state index in [4.69, 9.17) is 0 Å². The van der Waals surface area contributed by atoms with Gasteiger partial charge in [0.25, 0.3) is 0 Å². The Bertz CT molecular complexity index is 344. The van der Waals surface area contributed by atoms with Gasteiger partial charge in [0.15, 0.2) is 0 Å². The number of nitrogens with zero attached hydrogens (tertiary/aromatic N) is 1. The van der Waals surface area contributed by atoms with Gasteiger partial charge in [-0.1, -0.05) is 11.6 Å². The summed E-state index contributed by atoms with van der Waals surface area (Å²) in [7, 11) is 0. The lowest BCUT2D eigenvalue weighted by Gasteiger charge is -2.21. The molecule has 1 rings (SSSR count). The van der Waals surface area contributed by atoms with Crippen molar-refractivity contribution in [3.63, 3.8) is 0 Å². The normalized spacial score (nSPS) is 9.88. The van der Waals surface area contributed by atoms with E-state index in [-0.39, 0.29) is 0 Å². The number of anilines is 2. The van der Waals surface area contributed by atoms with Gasteiger partial charge in [-0.15, -0.1) is 0 Å². The van der Waals surface area contributed by atoms with Crippen molar-refractivity contribution in [2.75, 3.05) is 29.9 Å². The van der Waals surface area contributed by atoms with Crippen LogP contribution in [-0.4, -0.2) is 19.6 Å². The number of nitrogens with one attached hydrogen (secondary N) is 1. The van der Waals surface area contributed by atoms with E-state index in [2.05, 4.69) is 68.3 Å². The second-order valence-corrected chi connectivity index (χ2v) is 4.38. The molecule has 0 unspecified atom stereocenters. The zero-order chi connectivity index (χ0) is 12.7. The summed E-state index contributed by atoms with van der Waals surface area (Å²) in [5.74, 6) is 0. The van der Waals surface area contributed by atoms with Gasteiger partial charge in [-0.25, -0.2) is 0 Å². The van der Waals surface area contributed by atoms with E-state index in [1.807, 2.05) is 0 Å². The minimum Gasteiger partial charge on any atom is -0.382 e. The van der Waals surface area contributed by atoms with Crippen molar-refractivity contribution in [1.29, 1.82) is 0 Å². The van der Waals surface area contributed by atoms with Crippen molar-refractivity contribution < 1.29 is 0 Å². The van der Waals surface area contributed by atoms with Crippen LogP contribution in [0.5, 0.6) is 0 Å². The van der Waals surface area contributed by atoms with E-state index in [1.165, 1.54) is 16.9 Å². The van der Waals surface area contributed by atoms with Crippen LogP contribution in [0, 0.1) is 0 Å². The average molecular weight is 232 g/mol. The monoisotopic (exact) mass is 232 g/mol. The summed E-state index contributed by atoms with van der Waals surface area (Å²) in [6.07, 6.45) is 2.19. The van der Waals surface area contributed by atoms with Crippen LogP contribution >= 0.6 is 0 Å². The quantitative estimate of drug-likeness (QED) is 0.748. The van der Waals surface area contributed by atoms with Gasteiger partial charge in [-0.2, -0.15) is 0 Å². The summed E-state index contributed by atoms with van der Waals surface area (Å²) in [4.78, 5) is 2.35. The maximum atomic E-state index is 3.38. The van der Waals surface area contributed by atoms with Gasteiger partial charge < -0.3 is 10.2 Å². The summed E-state index contributed by atoms with van der Waals surface area (Å²) in [5.41, 5.74) is 3.82. The van der Waals surface area contributed by atoms with Gasteiger partial charge in [0.05, 0.1) is 0 Å². The Balaban J connectivity index is 2.58. The van der Waals surface area contributed by atoms with Crippen LogP contribution < -0.4 is 10.2 Å². The Hall–Kier alpha value is -1.44. The molecule has 0 fully saturated rings. The molecule has 2 nitrogen and oxygen atoms in total. The van der Waals surface area contributed by atoms with Crippen LogP contribution in [0.15, 0.2) is 35.9 Å². The molecule has 1 aromatic rings. The fourth-order valence-corrected chi connectivity index (χ4v) is 1.75. The fraction of sp³-hybridized carbons (Fsp3) is 0.467. The third-order valence-electron chi connectivity index (χ3n) is 2.81. The first kappa shape index (κ1) is 13.6.